The predicted octanol–water partition coefficient (Wildman–Crippen LogP) is 4.75. The van der Waals surface area contributed by atoms with Crippen LogP contribution in [-0.2, 0) is 7.05 Å². The van der Waals surface area contributed by atoms with Gasteiger partial charge in [0.1, 0.15) is 0 Å². The maximum absolute atomic E-state index is 11.7. The minimum absolute atomic E-state index is 0.00778. The summed E-state index contributed by atoms with van der Waals surface area (Å²) in [5.74, 6) is -0.00778. The molecule has 5 heteroatoms. The van der Waals surface area contributed by atoms with E-state index in [9.17, 15) is 10.0 Å². The summed E-state index contributed by atoms with van der Waals surface area (Å²) in [7, 11) is 1.68. The molecule has 3 rings (SSSR count). The molecule has 0 aliphatic rings. The van der Waals surface area contributed by atoms with Crippen molar-refractivity contribution in [2.45, 2.75) is 19.3 Å². The average molecular weight is 381 g/mol. The average Bonchev–Trinajstić information content (AvgIpc) is 2.67. The molecule has 1 N–H and O–H groups in total. The summed E-state index contributed by atoms with van der Waals surface area (Å²) in [6.07, 6.45) is 2.18. The van der Waals surface area contributed by atoms with Gasteiger partial charge in [-0.2, -0.15) is 0 Å². The molecule has 1 unspecified atom stereocenters. The molecule has 0 saturated carbocycles. The van der Waals surface area contributed by atoms with Gasteiger partial charge in [-0.15, -0.1) is 0 Å². The van der Waals surface area contributed by atoms with E-state index in [0.717, 1.165) is 16.7 Å². The molecule has 1 heterocycles. The molecule has 0 aliphatic heterocycles. The lowest BCUT2D eigenvalue weighted by atomic mass is 9.83. The van der Waals surface area contributed by atoms with Gasteiger partial charge in [0, 0.05) is 42.2 Å². The Balaban J connectivity index is 2.05. The number of aryl methyl sites for hydroxylation is 2. The monoisotopic (exact) mass is 380 g/mol. The summed E-state index contributed by atoms with van der Waals surface area (Å²) in [6.45, 7) is 2.03. The minimum atomic E-state index is -0.107. The summed E-state index contributed by atoms with van der Waals surface area (Å²) in [6, 6.07) is 19.1. The van der Waals surface area contributed by atoms with E-state index in [2.05, 4.69) is 17.3 Å². The third-order valence-corrected chi connectivity index (χ3v) is 4.98. The fraction of sp³-hybridized carbons (Fsp3) is 0.182. The highest BCUT2D eigenvalue weighted by molar-refractivity contribution is 6.30. The lowest BCUT2D eigenvalue weighted by molar-refractivity contribution is 0.317. The van der Waals surface area contributed by atoms with Crippen LogP contribution in [0.5, 0.6) is 0 Å². The zero-order chi connectivity index (χ0) is 19.4. The molecule has 0 radical (unpaired) electrons. The normalized spacial score (nSPS) is 12.8. The number of halogens is 1. The maximum Gasteiger partial charge on any atom is 0.250 e. The van der Waals surface area contributed by atoms with Crippen LogP contribution in [0.25, 0.3) is 0 Å². The maximum atomic E-state index is 11.7. The number of hydrogen-bond acceptors (Lipinski definition) is 3. The van der Waals surface area contributed by atoms with Gasteiger partial charge in [0.2, 0.25) is 5.56 Å². The number of nitrogens with zero attached hydrogens (tertiary/aromatic N) is 2. The first kappa shape index (κ1) is 18.9. The van der Waals surface area contributed by atoms with Crippen molar-refractivity contribution in [1.82, 2.24) is 4.57 Å². The number of aromatic nitrogens is 1. The van der Waals surface area contributed by atoms with E-state index in [4.69, 9.17) is 11.6 Å². The van der Waals surface area contributed by atoms with Crippen molar-refractivity contribution in [2.24, 2.45) is 12.2 Å². The lowest BCUT2D eigenvalue weighted by Gasteiger charge is -2.21. The second-order valence-corrected chi connectivity index (χ2v) is 7.02. The fourth-order valence-corrected chi connectivity index (χ4v) is 3.52. The molecular weight excluding hydrogens is 360 g/mol. The summed E-state index contributed by atoms with van der Waals surface area (Å²) >= 11 is 6.13. The van der Waals surface area contributed by atoms with E-state index in [1.165, 1.54) is 10.6 Å². The van der Waals surface area contributed by atoms with Crippen molar-refractivity contribution in [3.63, 3.8) is 0 Å². The first-order valence-electron chi connectivity index (χ1n) is 8.68. The molecule has 1 aromatic heterocycles. The second-order valence-electron chi connectivity index (χ2n) is 6.58. The second kappa shape index (κ2) is 8.23. The van der Waals surface area contributed by atoms with Gasteiger partial charge in [0.25, 0.3) is 0 Å². The summed E-state index contributed by atoms with van der Waals surface area (Å²) in [4.78, 5) is 11.7. The van der Waals surface area contributed by atoms with Crippen molar-refractivity contribution < 1.29 is 5.21 Å². The molecule has 27 heavy (non-hydrogen) atoms. The van der Waals surface area contributed by atoms with Gasteiger partial charge in [-0.3, -0.25) is 4.79 Å². The van der Waals surface area contributed by atoms with E-state index in [0.29, 0.717) is 22.7 Å². The molecule has 0 amide bonds. The molecule has 0 fully saturated rings. The Hall–Kier alpha value is -2.85. The third kappa shape index (κ3) is 4.29. The largest absolute Gasteiger partial charge is 0.411 e. The van der Waals surface area contributed by atoms with Gasteiger partial charge in [0.05, 0.1) is 5.71 Å². The fourth-order valence-electron chi connectivity index (χ4n) is 3.30. The standard InChI is InChI=1S/C22H21ClN2O2/c1-15-12-18(23)9-10-19(15)20(16-6-4-3-5-7-16)13-21(24-27)17-8-11-22(26)25(2)14-17/h3-12,14,20,27H,13H2,1-2H3/b24-21+. The van der Waals surface area contributed by atoms with Crippen LogP contribution in [0.4, 0.5) is 0 Å². The number of benzene rings is 2. The Kier molecular flexibility index (Phi) is 5.77. The van der Waals surface area contributed by atoms with Gasteiger partial charge in [-0.25, -0.2) is 0 Å². The third-order valence-electron chi connectivity index (χ3n) is 4.75. The SMILES string of the molecule is Cc1cc(Cl)ccc1C(C/C(=N\O)c1ccc(=O)n(C)c1)c1ccccc1. The van der Waals surface area contributed by atoms with Crippen molar-refractivity contribution in [3.05, 3.63) is 104 Å². The Morgan fingerprint density at radius 3 is 2.52 bits per heavy atom. The highest BCUT2D eigenvalue weighted by Gasteiger charge is 2.20. The van der Waals surface area contributed by atoms with Crippen LogP contribution < -0.4 is 5.56 Å². The lowest BCUT2D eigenvalue weighted by Crippen LogP contribution is -2.18. The first-order valence-corrected chi connectivity index (χ1v) is 9.06. The molecule has 3 aromatic rings. The number of pyridine rings is 1. The van der Waals surface area contributed by atoms with Crippen molar-refractivity contribution in [3.8, 4) is 0 Å². The zero-order valence-corrected chi connectivity index (χ0v) is 16.0. The molecule has 4 nitrogen and oxygen atoms in total. The van der Waals surface area contributed by atoms with Gasteiger partial charge in [0.15, 0.2) is 0 Å². The van der Waals surface area contributed by atoms with E-state index in [1.54, 1.807) is 19.3 Å². The van der Waals surface area contributed by atoms with Crippen LogP contribution in [0.1, 0.15) is 34.6 Å². The Bertz CT molecular complexity index is 1030. The Morgan fingerprint density at radius 1 is 1.15 bits per heavy atom. The molecule has 1 atom stereocenters. The van der Waals surface area contributed by atoms with E-state index in [1.807, 2.05) is 43.3 Å². The van der Waals surface area contributed by atoms with Crippen LogP contribution in [-0.4, -0.2) is 15.5 Å². The highest BCUT2D eigenvalue weighted by Crippen LogP contribution is 2.32. The summed E-state index contributed by atoms with van der Waals surface area (Å²) in [5.41, 5.74) is 4.45. The molecule has 0 aliphatic carbocycles. The predicted molar refractivity (Wildman–Crippen MR) is 109 cm³/mol. The number of rotatable bonds is 5. The smallest absolute Gasteiger partial charge is 0.250 e. The zero-order valence-electron chi connectivity index (χ0n) is 15.3. The number of oxime groups is 1. The molecule has 0 bridgehead atoms. The Morgan fingerprint density at radius 2 is 1.89 bits per heavy atom. The molecule has 0 spiro atoms. The van der Waals surface area contributed by atoms with Gasteiger partial charge in [-0.1, -0.05) is 53.2 Å². The van der Waals surface area contributed by atoms with Gasteiger partial charge >= 0.3 is 0 Å². The molecular formula is C22H21ClN2O2. The van der Waals surface area contributed by atoms with Crippen molar-refractivity contribution in [2.75, 3.05) is 0 Å². The quantitative estimate of drug-likeness (QED) is 0.394. The summed E-state index contributed by atoms with van der Waals surface area (Å²) in [5, 5.41) is 13.9. The van der Waals surface area contributed by atoms with Gasteiger partial charge < -0.3 is 9.77 Å². The molecule has 2 aromatic carbocycles. The van der Waals surface area contributed by atoms with Crippen molar-refractivity contribution in [1.29, 1.82) is 0 Å². The first-order chi connectivity index (χ1) is 13.0. The molecule has 138 valence electrons. The van der Waals surface area contributed by atoms with Crippen LogP contribution in [0, 0.1) is 6.92 Å². The topological polar surface area (TPSA) is 54.6 Å². The van der Waals surface area contributed by atoms with Gasteiger partial charge in [-0.05, 0) is 41.8 Å². The van der Waals surface area contributed by atoms with Crippen LogP contribution in [0.2, 0.25) is 5.02 Å². The Labute approximate surface area is 163 Å². The van der Waals surface area contributed by atoms with Crippen LogP contribution in [0.3, 0.4) is 0 Å². The number of hydrogen-bond donors (Lipinski definition) is 1. The highest BCUT2D eigenvalue weighted by atomic mass is 35.5. The summed E-state index contributed by atoms with van der Waals surface area (Å²) < 4.78 is 1.48. The van der Waals surface area contributed by atoms with E-state index in [-0.39, 0.29) is 11.5 Å². The molecule has 0 saturated heterocycles. The van der Waals surface area contributed by atoms with E-state index < -0.39 is 0 Å². The van der Waals surface area contributed by atoms with Crippen LogP contribution in [0.15, 0.2) is 76.8 Å². The van der Waals surface area contributed by atoms with E-state index >= 15 is 0 Å². The van der Waals surface area contributed by atoms with Crippen LogP contribution >= 0.6 is 11.6 Å². The van der Waals surface area contributed by atoms with Crippen molar-refractivity contribution >= 4 is 17.3 Å². The minimum Gasteiger partial charge on any atom is -0.411 e.